The first-order valence-corrected chi connectivity index (χ1v) is 8.52. The molecule has 0 saturated carbocycles. The molecule has 0 bridgehead atoms. The first kappa shape index (κ1) is 15.8. The zero-order chi connectivity index (χ0) is 17.4. The van der Waals surface area contributed by atoms with Crippen LogP contribution in [0.5, 0.6) is 0 Å². The van der Waals surface area contributed by atoms with Crippen molar-refractivity contribution in [3.8, 4) is 0 Å². The number of nitrogens with one attached hydrogen (secondary N) is 3. The molecule has 1 aliphatic rings. The van der Waals surface area contributed by atoms with Crippen molar-refractivity contribution >= 4 is 22.5 Å². The average Bonchev–Trinajstić information content (AvgIpc) is 3.01. The molecule has 25 heavy (non-hydrogen) atoms. The van der Waals surface area contributed by atoms with Gasteiger partial charge in [-0.25, -0.2) is 4.39 Å². The van der Waals surface area contributed by atoms with E-state index in [1.807, 2.05) is 18.2 Å². The molecule has 0 fully saturated rings. The van der Waals surface area contributed by atoms with Gasteiger partial charge < -0.3 is 15.6 Å². The fourth-order valence-electron chi connectivity index (χ4n) is 3.31. The zero-order valence-electron chi connectivity index (χ0n) is 14.0. The van der Waals surface area contributed by atoms with Crippen molar-refractivity contribution in [2.24, 2.45) is 0 Å². The summed E-state index contributed by atoms with van der Waals surface area (Å²) in [5.74, 6) is -0.148. The fourth-order valence-corrected chi connectivity index (χ4v) is 3.31. The van der Waals surface area contributed by atoms with Gasteiger partial charge in [-0.2, -0.15) is 0 Å². The number of aryl methyl sites for hydroxylation is 1. The summed E-state index contributed by atoms with van der Waals surface area (Å²) in [7, 11) is 0. The molecular weight excluding hydrogens is 317 g/mol. The minimum Gasteiger partial charge on any atom is -0.357 e. The summed E-state index contributed by atoms with van der Waals surface area (Å²) in [4.78, 5) is 14.7. The van der Waals surface area contributed by atoms with Crippen LogP contribution in [0.3, 0.4) is 0 Å². The normalized spacial score (nSPS) is 15.0. The number of hydrogen-bond acceptors (Lipinski definition) is 2. The van der Waals surface area contributed by atoms with Gasteiger partial charge >= 0.3 is 0 Å². The van der Waals surface area contributed by atoms with E-state index in [1.54, 1.807) is 6.07 Å². The second-order valence-corrected chi connectivity index (χ2v) is 6.59. The number of halogens is 1. The summed E-state index contributed by atoms with van der Waals surface area (Å²) >= 11 is 0. The number of fused-ring (bicyclic) bond motifs is 2. The van der Waals surface area contributed by atoms with Crippen molar-refractivity contribution in [3.05, 3.63) is 65.1 Å². The Bertz CT molecular complexity index is 947. The van der Waals surface area contributed by atoms with Crippen LogP contribution in [0.1, 0.15) is 36.2 Å². The monoisotopic (exact) mass is 337 g/mol. The third-order valence-corrected chi connectivity index (χ3v) is 4.76. The van der Waals surface area contributed by atoms with Crippen molar-refractivity contribution in [3.63, 3.8) is 0 Å². The summed E-state index contributed by atoms with van der Waals surface area (Å²) in [5.41, 5.74) is 5.14. The highest BCUT2D eigenvalue weighted by molar-refractivity contribution is 5.93. The summed E-state index contributed by atoms with van der Waals surface area (Å²) in [6.45, 7) is 2.79. The van der Waals surface area contributed by atoms with E-state index in [0.717, 1.165) is 28.7 Å². The molecule has 128 valence electrons. The Balaban J connectivity index is 1.46. The van der Waals surface area contributed by atoms with Crippen LogP contribution in [0.4, 0.5) is 10.1 Å². The second-order valence-electron chi connectivity index (χ2n) is 6.59. The van der Waals surface area contributed by atoms with Gasteiger partial charge in [-0.05, 0) is 60.2 Å². The van der Waals surface area contributed by atoms with Gasteiger partial charge in [0.25, 0.3) is 0 Å². The van der Waals surface area contributed by atoms with Crippen molar-refractivity contribution in [1.29, 1.82) is 0 Å². The maximum Gasteiger partial charge on any atom is 0.224 e. The summed E-state index contributed by atoms with van der Waals surface area (Å²) in [6, 6.07) is 13.2. The van der Waals surface area contributed by atoms with Gasteiger partial charge in [0, 0.05) is 35.9 Å². The molecule has 3 N–H and O–H groups in total. The Morgan fingerprint density at radius 2 is 2.04 bits per heavy atom. The highest BCUT2D eigenvalue weighted by atomic mass is 19.1. The average molecular weight is 337 g/mol. The number of aromatic nitrogens is 1. The summed E-state index contributed by atoms with van der Waals surface area (Å²) in [5, 5.41) is 7.41. The lowest BCUT2D eigenvalue weighted by atomic mass is 9.98. The number of carbonyl (C=O) groups excluding carboxylic acids is 1. The second kappa shape index (κ2) is 6.33. The molecule has 4 nitrogen and oxygen atoms in total. The van der Waals surface area contributed by atoms with E-state index in [1.165, 1.54) is 23.3 Å². The van der Waals surface area contributed by atoms with Gasteiger partial charge in [0.2, 0.25) is 5.91 Å². The molecule has 0 aliphatic carbocycles. The van der Waals surface area contributed by atoms with Gasteiger partial charge in [0.1, 0.15) is 5.82 Å². The van der Waals surface area contributed by atoms with Crippen LogP contribution >= 0.6 is 0 Å². The Labute approximate surface area is 145 Å². The van der Waals surface area contributed by atoms with Crippen molar-refractivity contribution in [2.45, 2.75) is 32.4 Å². The van der Waals surface area contributed by atoms with Gasteiger partial charge in [0.15, 0.2) is 0 Å². The molecule has 4 rings (SSSR count). The summed E-state index contributed by atoms with van der Waals surface area (Å²) < 4.78 is 13.3. The third kappa shape index (κ3) is 3.28. The number of hydrogen-bond donors (Lipinski definition) is 3. The Kier molecular flexibility index (Phi) is 4.01. The molecule has 0 radical (unpaired) electrons. The van der Waals surface area contributed by atoms with Crippen molar-refractivity contribution < 1.29 is 9.18 Å². The number of rotatable bonds is 4. The largest absolute Gasteiger partial charge is 0.357 e. The molecular formula is C20H20FN3O. The number of benzene rings is 2. The first-order chi connectivity index (χ1) is 12.1. The van der Waals surface area contributed by atoms with Crippen LogP contribution in [-0.2, 0) is 17.8 Å². The molecule has 3 aromatic rings. The number of anilines is 1. The number of carbonyl (C=O) groups is 1. The van der Waals surface area contributed by atoms with E-state index >= 15 is 0 Å². The molecule has 1 aliphatic heterocycles. The highest BCUT2D eigenvalue weighted by Crippen LogP contribution is 2.26. The molecule has 2 aromatic carbocycles. The lowest BCUT2D eigenvalue weighted by molar-refractivity contribution is -0.116. The van der Waals surface area contributed by atoms with Crippen LogP contribution in [0.25, 0.3) is 10.9 Å². The van der Waals surface area contributed by atoms with E-state index in [2.05, 4.69) is 28.6 Å². The molecule has 1 aromatic heterocycles. The van der Waals surface area contributed by atoms with Crippen molar-refractivity contribution in [2.75, 3.05) is 5.32 Å². The van der Waals surface area contributed by atoms with Gasteiger partial charge in [-0.15, -0.1) is 0 Å². The Hall–Kier alpha value is -2.66. The Morgan fingerprint density at radius 3 is 2.92 bits per heavy atom. The molecule has 0 spiro atoms. The van der Waals surface area contributed by atoms with E-state index in [4.69, 9.17) is 0 Å². The number of aromatic amines is 1. The molecule has 1 amide bonds. The van der Waals surface area contributed by atoms with E-state index in [0.29, 0.717) is 13.0 Å². The predicted molar refractivity (Wildman–Crippen MR) is 96.9 cm³/mol. The van der Waals surface area contributed by atoms with Crippen LogP contribution < -0.4 is 10.6 Å². The Morgan fingerprint density at radius 1 is 1.16 bits per heavy atom. The topological polar surface area (TPSA) is 56.9 Å². The molecule has 2 heterocycles. The molecule has 5 heteroatoms. The molecule has 1 unspecified atom stereocenters. The molecule has 0 saturated heterocycles. The minimum absolute atomic E-state index is 0.0849. The quantitative estimate of drug-likeness (QED) is 0.673. The van der Waals surface area contributed by atoms with Crippen LogP contribution in [-0.4, -0.2) is 10.9 Å². The predicted octanol–water partition coefficient (Wildman–Crippen LogP) is 4.04. The SMILES string of the molecule is CC(NCc1cc2ccc(F)cc2[nH]1)c1ccc2c(c1)CCC(=O)N2. The lowest BCUT2D eigenvalue weighted by Gasteiger charge is -2.20. The van der Waals surface area contributed by atoms with Crippen LogP contribution in [0.15, 0.2) is 42.5 Å². The van der Waals surface area contributed by atoms with Gasteiger partial charge in [0.05, 0.1) is 0 Å². The summed E-state index contributed by atoms with van der Waals surface area (Å²) in [6.07, 6.45) is 1.33. The minimum atomic E-state index is -0.233. The standard InChI is InChI=1S/C20H20FN3O/c1-12(13-3-6-18-14(8-13)4-7-20(25)24-18)22-11-17-9-15-2-5-16(21)10-19(15)23-17/h2-3,5-6,8-10,12,22-23H,4,7,11H2,1H3,(H,24,25). The first-order valence-electron chi connectivity index (χ1n) is 8.52. The van der Waals surface area contributed by atoms with Gasteiger partial charge in [-0.3, -0.25) is 4.79 Å². The number of amides is 1. The number of H-pyrrole nitrogens is 1. The van der Waals surface area contributed by atoms with E-state index in [-0.39, 0.29) is 17.8 Å². The van der Waals surface area contributed by atoms with Gasteiger partial charge in [-0.1, -0.05) is 12.1 Å². The van der Waals surface area contributed by atoms with Crippen LogP contribution in [0.2, 0.25) is 0 Å². The van der Waals surface area contributed by atoms with Crippen molar-refractivity contribution in [1.82, 2.24) is 10.3 Å². The van der Waals surface area contributed by atoms with Crippen LogP contribution in [0, 0.1) is 5.82 Å². The fraction of sp³-hybridized carbons (Fsp3) is 0.250. The lowest BCUT2D eigenvalue weighted by Crippen LogP contribution is -2.21. The smallest absolute Gasteiger partial charge is 0.224 e. The zero-order valence-corrected chi connectivity index (χ0v) is 14.0. The maximum absolute atomic E-state index is 13.3. The molecule has 1 atom stereocenters. The highest BCUT2D eigenvalue weighted by Gasteiger charge is 2.16. The maximum atomic E-state index is 13.3. The van der Waals surface area contributed by atoms with E-state index < -0.39 is 0 Å². The van der Waals surface area contributed by atoms with E-state index in [9.17, 15) is 9.18 Å². The third-order valence-electron chi connectivity index (χ3n) is 4.76.